The maximum absolute atomic E-state index is 12.8. The van der Waals surface area contributed by atoms with Crippen LogP contribution in [0.3, 0.4) is 0 Å². The van der Waals surface area contributed by atoms with Crippen LogP contribution in [-0.2, 0) is 14.1 Å². The van der Waals surface area contributed by atoms with Crippen LogP contribution < -0.4 is 20.2 Å². The summed E-state index contributed by atoms with van der Waals surface area (Å²) in [7, 11) is 3.48. The highest BCUT2D eigenvalue weighted by Crippen LogP contribution is 2.13. The molecule has 32 heavy (non-hydrogen) atoms. The molecule has 0 spiro atoms. The minimum atomic E-state index is -0.330. The molecular formula is C21H20N8O3+2. The Morgan fingerprint density at radius 2 is 1.00 bits per heavy atom. The van der Waals surface area contributed by atoms with Crippen molar-refractivity contribution < 1.29 is 23.7 Å². The smallest absolute Gasteiger partial charge is 0.287 e. The van der Waals surface area contributed by atoms with Gasteiger partial charge in [-0.3, -0.25) is 14.4 Å². The van der Waals surface area contributed by atoms with Crippen LogP contribution in [0.4, 0.5) is 0 Å². The first-order chi connectivity index (χ1) is 15.4. The summed E-state index contributed by atoms with van der Waals surface area (Å²) in [5, 5.41) is 7.93. The van der Waals surface area contributed by atoms with Gasteiger partial charge < -0.3 is 0 Å². The fraction of sp³-hybridized carbons (Fsp3) is 0.0952. The lowest BCUT2D eigenvalue weighted by atomic mass is 10.0. The Morgan fingerprint density at radius 3 is 1.31 bits per heavy atom. The lowest BCUT2D eigenvalue weighted by Crippen LogP contribution is -2.46. The number of hydrogen-bond donors (Lipinski definition) is 2. The van der Waals surface area contributed by atoms with E-state index in [0.717, 1.165) is 0 Å². The summed E-state index contributed by atoms with van der Waals surface area (Å²) in [6.07, 6.45) is 6.15. The van der Waals surface area contributed by atoms with Crippen molar-refractivity contribution in [3.63, 3.8) is 0 Å². The second-order valence-corrected chi connectivity index (χ2v) is 7.02. The molecule has 11 heteroatoms. The van der Waals surface area contributed by atoms with E-state index in [1.54, 1.807) is 84.6 Å². The van der Waals surface area contributed by atoms with E-state index >= 15 is 0 Å². The number of amides is 2. The van der Waals surface area contributed by atoms with E-state index in [-0.39, 0.29) is 17.6 Å². The lowest BCUT2D eigenvalue weighted by molar-refractivity contribution is -0.642. The standard InChI is InChI=1S/C21H18N8O3/c1-26-13-28(11-22-26)24-20(31)17-7-3-15(4-8-17)19(30)16-5-9-18(10-6-16)21(32)25-29-12-23-27(2)14-29/h3-14H,1-2H3/p+2. The van der Waals surface area contributed by atoms with E-state index < -0.39 is 0 Å². The fourth-order valence-corrected chi connectivity index (χ4v) is 2.95. The summed E-state index contributed by atoms with van der Waals surface area (Å²) in [5.74, 6) is -0.875. The largest absolute Gasteiger partial charge is 0.289 e. The molecule has 0 atom stereocenters. The Balaban J connectivity index is 1.41. The second-order valence-electron chi connectivity index (χ2n) is 7.02. The first-order valence-corrected chi connectivity index (χ1v) is 9.56. The summed E-state index contributed by atoms with van der Waals surface area (Å²) < 4.78 is 5.97. The predicted molar refractivity (Wildman–Crippen MR) is 111 cm³/mol. The number of aromatic nitrogens is 6. The van der Waals surface area contributed by atoms with Gasteiger partial charge in [0.1, 0.15) is 0 Å². The Kier molecular flexibility index (Phi) is 5.53. The molecule has 0 fully saturated rings. The van der Waals surface area contributed by atoms with E-state index in [4.69, 9.17) is 0 Å². The van der Waals surface area contributed by atoms with E-state index in [2.05, 4.69) is 21.0 Å². The summed E-state index contributed by atoms with van der Waals surface area (Å²) in [5.41, 5.74) is 6.98. The van der Waals surface area contributed by atoms with E-state index in [1.807, 2.05) is 0 Å². The van der Waals surface area contributed by atoms with Crippen LogP contribution >= 0.6 is 0 Å². The highest BCUT2D eigenvalue weighted by atomic mass is 16.2. The van der Waals surface area contributed by atoms with Crippen molar-refractivity contribution in [2.45, 2.75) is 0 Å². The molecule has 0 saturated heterocycles. The normalized spacial score (nSPS) is 10.6. The van der Waals surface area contributed by atoms with Gasteiger partial charge in [-0.05, 0) is 24.3 Å². The van der Waals surface area contributed by atoms with Crippen molar-refractivity contribution in [2.75, 3.05) is 10.9 Å². The maximum atomic E-state index is 12.8. The van der Waals surface area contributed by atoms with Gasteiger partial charge in [0.2, 0.25) is 12.7 Å². The number of rotatable bonds is 6. The third kappa shape index (κ3) is 4.56. The van der Waals surface area contributed by atoms with Crippen LogP contribution in [0.1, 0.15) is 36.6 Å². The zero-order chi connectivity index (χ0) is 22.7. The molecule has 0 aliphatic carbocycles. The third-order valence-corrected chi connectivity index (χ3v) is 4.58. The Morgan fingerprint density at radius 1 is 0.656 bits per heavy atom. The number of aryl methyl sites for hydroxylation is 2. The molecule has 2 aromatic heterocycles. The van der Waals surface area contributed by atoms with E-state index in [1.165, 1.54) is 22.0 Å². The molecule has 2 heterocycles. The monoisotopic (exact) mass is 432 g/mol. The first kappa shape index (κ1) is 20.6. The average Bonchev–Trinajstić information content (AvgIpc) is 3.40. The minimum absolute atomic E-state index is 0.216. The van der Waals surface area contributed by atoms with Crippen molar-refractivity contribution >= 4 is 17.6 Å². The number of nitrogens with one attached hydrogen (secondary N) is 2. The van der Waals surface area contributed by atoms with Gasteiger partial charge in [-0.1, -0.05) is 24.3 Å². The molecule has 0 aliphatic heterocycles. The topological polar surface area (TPSA) is 119 Å². The zero-order valence-electron chi connectivity index (χ0n) is 17.3. The molecule has 0 radical (unpaired) electrons. The van der Waals surface area contributed by atoms with Crippen molar-refractivity contribution in [3.8, 4) is 0 Å². The van der Waals surface area contributed by atoms with Gasteiger partial charge in [-0.15, -0.1) is 18.7 Å². The van der Waals surface area contributed by atoms with Crippen LogP contribution in [0.15, 0.2) is 73.8 Å². The molecule has 160 valence electrons. The number of carbonyl (C=O) groups is 3. The molecule has 0 saturated carbocycles. The maximum Gasteiger partial charge on any atom is 0.287 e. The second kappa shape index (κ2) is 8.60. The van der Waals surface area contributed by atoms with Crippen molar-refractivity contribution in [1.82, 2.24) is 19.6 Å². The van der Waals surface area contributed by atoms with Gasteiger partial charge in [-0.25, -0.2) is 10.9 Å². The van der Waals surface area contributed by atoms with Crippen LogP contribution in [0.25, 0.3) is 0 Å². The minimum Gasteiger partial charge on any atom is -0.289 e. The molecule has 0 bridgehead atoms. The molecule has 11 nitrogen and oxygen atoms in total. The van der Waals surface area contributed by atoms with Crippen LogP contribution in [-0.4, -0.2) is 37.2 Å². The number of hydrogen-bond acceptors (Lipinski definition) is 5. The molecule has 2 amide bonds. The van der Waals surface area contributed by atoms with Gasteiger partial charge in [0.25, 0.3) is 24.5 Å². The molecular weight excluding hydrogens is 412 g/mol. The van der Waals surface area contributed by atoms with E-state index in [9.17, 15) is 14.4 Å². The number of carbonyl (C=O) groups excluding carboxylic acids is 3. The Labute approximate surface area is 182 Å². The molecule has 0 unspecified atom stereocenters. The third-order valence-electron chi connectivity index (χ3n) is 4.58. The summed E-state index contributed by atoms with van der Waals surface area (Å²) >= 11 is 0. The quantitative estimate of drug-likeness (QED) is 0.321. The SMILES string of the molecule is Cn1c[n+](NC(=O)c2ccc(C(=O)c3ccc(C(=O)N[n+]4cnn(C)c4)cc3)cc2)cn1. The van der Waals surface area contributed by atoms with Crippen LogP contribution in [0.2, 0.25) is 0 Å². The Hall–Kier alpha value is -4.67. The molecule has 4 rings (SSSR count). The van der Waals surface area contributed by atoms with Crippen molar-refractivity contribution in [1.29, 1.82) is 0 Å². The zero-order valence-corrected chi connectivity index (χ0v) is 17.3. The van der Waals surface area contributed by atoms with Crippen molar-refractivity contribution in [3.05, 3.63) is 96.1 Å². The number of ketones is 1. The van der Waals surface area contributed by atoms with Gasteiger partial charge in [0.15, 0.2) is 5.78 Å². The Bertz CT molecular complexity index is 1190. The van der Waals surface area contributed by atoms with Gasteiger partial charge in [0, 0.05) is 32.5 Å². The van der Waals surface area contributed by atoms with Crippen molar-refractivity contribution in [2.24, 2.45) is 14.1 Å². The molecule has 2 N–H and O–H groups in total. The van der Waals surface area contributed by atoms with Gasteiger partial charge in [-0.2, -0.15) is 0 Å². The van der Waals surface area contributed by atoms with Crippen LogP contribution in [0, 0.1) is 0 Å². The number of benzene rings is 2. The average molecular weight is 432 g/mol. The van der Waals surface area contributed by atoms with Gasteiger partial charge >= 0.3 is 0 Å². The lowest BCUT2D eigenvalue weighted by Gasteiger charge is -2.05. The molecule has 0 aliphatic rings. The first-order valence-electron chi connectivity index (χ1n) is 9.56. The number of nitrogens with zero attached hydrogens (tertiary/aromatic N) is 6. The summed E-state index contributed by atoms with van der Waals surface area (Å²) in [6, 6.07) is 12.7. The highest BCUT2D eigenvalue weighted by molar-refractivity contribution is 6.10. The highest BCUT2D eigenvalue weighted by Gasteiger charge is 2.14. The molecule has 2 aromatic carbocycles. The predicted octanol–water partition coefficient (Wildman–Crippen LogP) is -0.273. The summed E-state index contributed by atoms with van der Waals surface area (Å²) in [6.45, 7) is 0. The summed E-state index contributed by atoms with van der Waals surface area (Å²) in [4.78, 5) is 37.4. The molecule has 4 aromatic rings. The van der Waals surface area contributed by atoms with Crippen LogP contribution in [0.5, 0.6) is 0 Å². The van der Waals surface area contributed by atoms with Gasteiger partial charge in [0.05, 0.1) is 14.1 Å². The fourth-order valence-electron chi connectivity index (χ4n) is 2.95. The van der Waals surface area contributed by atoms with E-state index in [0.29, 0.717) is 22.3 Å².